The number of fused-ring (bicyclic) bond motifs is 1. The molecular formula is C24H21ClN4O3. The molecule has 1 N–H and O–H groups in total. The quantitative estimate of drug-likeness (QED) is 0.388. The third-order valence-electron chi connectivity index (χ3n) is 4.54. The van der Waals surface area contributed by atoms with Crippen molar-refractivity contribution in [1.82, 2.24) is 19.7 Å². The molecule has 0 unspecified atom stereocenters. The molecule has 162 valence electrons. The highest BCUT2D eigenvalue weighted by atomic mass is 35.5. The van der Waals surface area contributed by atoms with Gasteiger partial charge in [-0.3, -0.25) is 9.20 Å². The highest BCUT2D eigenvalue weighted by molar-refractivity contribution is 6.31. The average molecular weight is 449 g/mol. The number of amides is 1. The fraction of sp³-hybridized carbons (Fsp3) is 0.125. The number of nitrogens with zero attached hydrogens (tertiary/aromatic N) is 3. The summed E-state index contributed by atoms with van der Waals surface area (Å²) < 4.78 is 13.0. The van der Waals surface area contributed by atoms with Crippen molar-refractivity contribution in [2.45, 2.75) is 13.5 Å². The third kappa shape index (κ3) is 5.25. The number of carbonyl (C=O) groups is 1. The van der Waals surface area contributed by atoms with Crippen LogP contribution >= 0.6 is 11.6 Å². The van der Waals surface area contributed by atoms with Crippen LogP contribution in [0.15, 0.2) is 73.1 Å². The van der Waals surface area contributed by atoms with E-state index in [1.165, 1.54) is 6.08 Å². The number of imidazole rings is 1. The Kier molecular flexibility index (Phi) is 6.67. The fourth-order valence-electron chi connectivity index (χ4n) is 3.05. The van der Waals surface area contributed by atoms with Gasteiger partial charge in [-0.1, -0.05) is 17.7 Å². The Morgan fingerprint density at radius 2 is 1.97 bits per heavy atom. The van der Waals surface area contributed by atoms with Gasteiger partial charge in [0.1, 0.15) is 17.1 Å². The van der Waals surface area contributed by atoms with Crippen molar-refractivity contribution in [3.8, 4) is 17.4 Å². The summed E-state index contributed by atoms with van der Waals surface area (Å²) in [7, 11) is 0. The highest BCUT2D eigenvalue weighted by Crippen LogP contribution is 2.23. The van der Waals surface area contributed by atoms with E-state index < -0.39 is 0 Å². The van der Waals surface area contributed by atoms with Crippen LogP contribution in [0.3, 0.4) is 0 Å². The maximum Gasteiger partial charge on any atom is 0.244 e. The second-order valence-electron chi connectivity index (χ2n) is 6.78. The van der Waals surface area contributed by atoms with E-state index in [-0.39, 0.29) is 5.91 Å². The molecule has 4 aromatic rings. The lowest BCUT2D eigenvalue weighted by molar-refractivity contribution is -0.116. The number of halogens is 1. The Balaban J connectivity index is 1.36. The third-order valence-corrected chi connectivity index (χ3v) is 4.82. The van der Waals surface area contributed by atoms with Gasteiger partial charge in [-0.2, -0.15) is 0 Å². The average Bonchev–Trinajstić information content (AvgIpc) is 3.13. The smallest absolute Gasteiger partial charge is 0.244 e. The summed E-state index contributed by atoms with van der Waals surface area (Å²) in [4.78, 5) is 20.8. The Morgan fingerprint density at radius 3 is 2.78 bits per heavy atom. The first-order chi connectivity index (χ1) is 15.6. The largest absolute Gasteiger partial charge is 0.494 e. The van der Waals surface area contributed by atoms with E-state index in [9.17, 15) is 4.79 Å². The molecule has 1 aromatic carbocycles. The van der Waals surface area contributed by atoms with Crippen LogP contribution < -0.4 is 14.8 Å². The van der Waals surface area contributed by atoms with Crippen molar-refractivity contribution < 1.29 is 14.3 Å². The predicted molar refractivity (Wildman–Crippen MR) is 123 cm³/mol. The van der Waals surface area contributed by atoms with Gasteiger partial charge in [0.2, 0.25) is 11.8 Å². The van der Waals surface area contributed by atoms with E-state index in [4.69, 9.17) is 21.1 Å². The zero-order chi connectivity index (χ0) is 22.3. The lowest BCUT2D eigenvalue weighted by Crippen LogP contribution is -2.20. The predicted octanol–water partition coefficient (Wildman–Crippen LogP) is 4.90. The maximum atomic E-state index is 12.3. The highest BCUT2D eigenvalue weighted by Gasteiger charge is 2.08. The Morgan fingerprint density at radius 1 is 1.16 bits per heavy atom. The standard InChI is InChI=1S/C24H21ClN4O3/c1-2-31-18-6-8-19(9-7-18)32-23-15-17(12-13-26-23)16-27-22(30)11-10-20-24(25)28-21-5-3-4-14-29(20)21/h3-15H,2,16H2,1H3,(H,27,30). The molecule has 7 nitrogen and oxygen atoms in total. The maximum absolute atomic E-state index is 12.3. The summed E-state index contributed by atoms with van der Waals surface area (Å²) in [5.74, 6) is 1.62. The molecule has 3 aromatic heterocycles. The molecule has 32 heavy (non-hydrogen) atoms. The van der Waals surface area contributed by atoms with Crippen LogP contribution in [0.25, 0.3) is 11.7 Å². The summed E-state index contributed by atoms with van der Waals surface area (Å²) in [5, 5.41) is 3.18. The summed E-state index contributed by atoms with van der Waals surface area (Å²) in [6.45, 7) is 2.87. The number of benzene rings is 1. The molecule has 0 radical (unpaired) electrons. The Labute approximate surface area is 190 Å². The minimum absolute atomic E-state index is 0.252. The number of nitrogens with one attached hydrogen (secondary N) is 1. The van der Waals surface area contributed by atoms with Crippen molar-refractivity contribution in [3.63, 3.8) is 0 Å². The van der Waals surface area contributed by atoms with Gasteiger partial charge in [-0.25, -0.2) is 9.97 Å². The van der Waals surface area contributed by atoms with Crippen LogP contribution in [0.2, 0.25) is 5.15 Å². The van der Waals surface area contributed by atoms with Crippen LogP contribution in [0.5, 0.6) is 17.4 Å². The first kappa shape index (κ1) is 21.4. The molecule has 0 bridgehead atoms. The summed E-state index contributed by atoms with van der Waals surface area (Å²) in [6, 6.07) is 16.5. The minimum atomic E-state index is -0.252. The number of ether oxygens (including phenoxy) is 2. The molecule has 0 saturated carbocycles. The lowest BCUT2D eigenvalue weighted by atomic mass is 10.2. The van der Waals surface area contributed by atoms with Gasteiger partial charge in [-0.15, -0.1) is 0 Å². The van der Waals surface area contributed by atoms with Crippen molar-refractivity contribution in [2.75, 3.05) is 6.61 Å². The molecule has 0 aliphatic rings. The molecule has 0 saturated heterocycles. The molecule has 0 spiro atoms. The molecule has 1 amide bonds. The van der Waals surface area contributed by atoms with Crippen LogP contribution in [0.1, 0.15) is 18.2 Å². The zero-order valence-electron chi connectivity index (χ0n) is 17.4. The summed E-state index contributed by atoms with van der Waals surface area (Å²) in [5.41, 5.74) is 2.22. The normalized spacial score (nSPS) is 11.1. The van der Waals surface area contributed by atoms with E-state index in [0.717, 1.165) is 17.0 Å². The second-order valence-corrected chi connectivity index (χ2v) is 7.13. The van der Waals surface area contributed by atoms with Gasteiger partial charge in [0, 0.05) is 31.1 Å². The van der Waals surface area contributed by atoms with Gasteiger partial charge >= 0.3 is 0 Å². The number of pyridine rings is 2. The molecule has 0 aliphatic carbocycles. The lowest BCUT2D eigenvalue weighted by Gasteiger charge is -2.08. The number of carbonyl (C=O) groups excluding carboxylic acids is 1. The number of aromatic nitrogens is 3. The van der Waals surface area contributed by atoms with Gasteiger partial charge in [-0.05, 0) is 61.0 Å². The molecule has 4 rings (SSSR count). The van der Waals surface area contributed by atoms with Crippen LogP contribution in [-0.2, 0) is 11.3 Å². The van der Waals surface area contributed by atoms with Gasteiger partial charge in [0.15, 0.2) is 5.15 Å². The molecule has 0 aliphatic heterocycles. The first-order valence-electron chi connectivity index (χ1n) is 10.1. The van der Waals surface area contributed by atoms with Crippen molar-refractivity contribution in [1.29, 1.82) is 0 Å². The van der Waals surface area contributed by atoms with E-state index in [0.29, 0.717) is 35.6 Å². The molecule has 0 fully saturated rings. The summed E-state index contributed by atoms with van der Waals surface area (Å²) in [6.07, 6.45) is 6.56. The first-order valence-corrected chi connectivity index (χ1v) is 10.4. The van der Waals surface area contributed by atoms with Gasteiger partial charge in [0.05, 0.1) is 12.3 Å². The fourth-order valence-corrected chi connectivity index (χ4v) is 3.29. The molecule has 0 atom stereocenters. The Hall–Kier alpha value is -3.84. The SMILES string of the molecule is CCOc1ccc(Oc2cc(CNC(=O)C=Cc3c(Cl)nc4ccccn34)ccn2)cc1. The van der Waals surface area contributed by atoms with E-state index in [2.05, 4.69) is 15.3 Å². The van der Waals surface area contributed by atoms with Crippen molar-refractivity contribution in [2.24, 2.45) is 0 Å². The number of hydrogen-bond donors (Lipinski definition) is 1. The van der Waals surface area contributed by atoms with Gasteiger partial charge < -0.3 is 14.8 Å². The van der Waals surface area contributed by atoms with E-state index >= 15 is 0 Å². The number of hydrogen-bond acceptors (Lipinski definition) is 5. The van der Waals surface area contributed by atoms with Crippen LogP contribution in [-0.4, -0.2) is 26.9 Å². The monoisotopic (exact) mass is 448 g/mol. The summed E-state index contributed by atoms with van der Waals surface area (Å²) >= 11 is 6.19. The second kappa shape index (κ2) is 9.98. The zero-order valence-corrected chi connectivity index (χ0v) is 18.1. The van der Waals surface area contributed by atoms with Gasteiger partial charge in [0.25, 0.3) is 0 Å². The number of rotatable bonds is 8. The topological polar surface area (TPSA) is 77.8 Å². The molecule has 8 heteroatoms. The van der Waals surface area contributed by atoms with E-state index in [1.807, 2.05) is 66.1 Å². The van der Waals surface area contributed by atoms with Crippen molar-refractivity contribution >= 4 is 29.2 Å². The van der Waals surface area contributed by atoms with Crippen molar-refractivity contribution in [3.05, 3.63) is 89.5 Å². The van der Waals surface area contributed by atoms with Crippen LogP contribution in [0, 0.1) is 0 Å². The Bertz CT molecular complexity index is 1250. The molecular weight excluding hydrogens is 428 g/mol. The van der Waals surface area contributed by atoms with Crippen LogP contribution in [0.4, 0.5) is 0 Å². The van der Waals surface area contributed by atoms with E-state index in [1.54, 1.807) is 18.3 Å². The molecule has 3 heterocycles. The minimum Gasteiger partial charge on any atom is -0.494 e.